The summed E-state index contributed by atoms with van der Waals surface area (Å²) in [5.74, 6) is -0.300. The molecule has 0 aliphatic carbocycles. The van der Waals surface area contributed by atoms with Gasteiger partial charge < -0.3 is 16.4 Å². The van der Waals surface area contributed by atoms with Crippen LogP contribution in [0, 0.1) is 0 Å². The summed E-state index contributed by atoms with van der Waals surface area (Å²) in [4.78, 5) is 31.4. The van der Waals surface area contributed by atoms with Gasteiger partial charge in [0.15, 0.2) is 5.13 Å². The molecule has 6 nitrogen and oxygen atoms in total. The second kappa shape index (κ2) is 6.67. The third-order valence-electron chi connectivity index (χ3n) is 3.94. The van der Waals surface area contributed by atoms with Gasteiger partial charge in [0.05, 0.1) is 16.6 Å². The van der Waals surface area contributed by atoms with Crippen LogP contribution in [0.5, 0.6) is 0 Å². The van der Waals surface area contributed by atoms with Crippen LogP contribution in [0.25, 0.3) is 0 Å². The Morgan fingerprint density at radius 2 is 2.22 bits per heavy atom. The number of hydrogen-bond acceptors (Lipinski definition) is 6. The van der Waals surface area contributed by atoms with Crippen molar-refractivity contribution >= 4 is 39.6 Å². The van der Waals surface area contributed by atoms with Crippen molar-refractivity contribution < 1.29 is 9.59 Å². The van der Waals surface area contributed by atoms with Crippen LogP contribution in [0.15, 0.2) is 17.5 Å². The number of nitrogens with zero attached hydrogens (tertiary/aromatic N) is 2. The van der Waals surface area contributed by atoms with E-state index >= 15 is 0 Å². The van der Waals surface area contributed by atoms with E-state index in [0.29, 0.717) is 22.9 Å². The Hall–Kier alpha value is -1.93. The summed E-state index contributed by atoms with van der Waals surface area (Å²) >= 11 is 2.77. The lowest BCUT2D eigenvalue weighted by atomic mass is 10.1. The van der Waals surface area contributed by atoms with Crippen LogP contribution >= 0.6 is 22.7 Å². The minimum absolute atomic E-state index is 0.0566. The van der Waals surface area contributed by atoms with Crippen molar-refractivity contribution in [2.24, 2.45) is 5.73 Å². The van der Waals surface area contributed by atoms with Gasteiger partial charge in [-0.25, -0.2) is 4.98 Å². The molecule has 1 atom stereocenters. The molecule has 2 aromatic heterocycles. The number of carbonyl (C=O) groups is 2. The number of carbonyl (C=O) groups excluding carboxylic acids is 2. The molecule has 1 saturated heterocycles. The summed E-state index contributed by atoms with van der Waals surface area (Å²) in [6.45, 7) is 0.756. The number of thiazole rings is 1. The lowest BCUT2D eigenvalue weighted by molar-refractivity contribution is -0.132. The second-order valence-corrected chi connectivity index (χ2v) is 7.49. The predicted molar refractivity (Wildman–Crippen MR) is 91.4 cm³/mol. The molecule has 3 rings (SSSR count). The van der Waals surface area contributed by atoms with Crippen molar-refractivity contribution in [3.05, 3.63) is 33.0 Å². The number of rotatable bonds is 5. The Balaban J connectivity index is 1.65. The molecule has 122 valence electrons. The van der Waals surface area contributed by atoms with Crippen LogP contribution in [0.3, 0.4) is 0 Å². The molecule has 8 heteroatoms. The van der Waals surface area contributed by atoms with E-state index in [-0.39, 0.29) is 11.9 Å². The molecule has 2 amide bonds. The van der Waals surface area contributed by atoms with E-state index in [0.717, 1.165) is 30.0 Å². The highest BCUT2D eigenvalue weighted by Crippen LogP contribution is 2.36. The number of likely N-dealkylation sites (tertiary alicyclic amines) is 1. The van der Waals surface area contributed by atoms with Gasteiger partial charge in [-0.05, 0) is 31.4 Å². The van der Waals surface area contributed by atoms with Gasteiger partial charge in [-0.15, -0.1) is 22.7 Å². The molecule has 0 radical (unpaired) electrons. The summed E-state index contributed by atoms with van der Waals surface area (Å²) in [5, 5.41) is 2.42. The largest absolute Gasteiger partial charge is 0.375 e. The number of anilines is 1. The first-order chi connectivity index (χ1) is 11.0. The summed E-state index contributed by atoms with van der Waals surface area (Å²) in [6.07, 6.45) is 2.93. The Kier molecular flexibility index (Phi) is 4.63. The third kappa shape index (κ3) is 3.53. The number of thiophene rings is 1. The minimum atomic E-state index is -0.418. The van der Waals surface area contributed by atoms with Crippen molar-refractivity contribution in [2.75, 3.05) is 12.3 Å². The molecule has 1 fully saturated rings. The highest BCUT2D eigenvalue weighted by Gasteiger charge is 2.31. The maximum absolute atomic E-state index is 12.5. The Morgan fingerprint density at radius 3 is 2.87 bits per heavy atom. The van der Waals surface area contributed by atoms with Crippen LogP contribution in [0.4, 0.5) is 5.13 Å². The fraction of sp³-hybridized carbons (Fsp3) is 0.400. The van der Waals surface area contributed by atoms with E-state index < -0.39 is 5.91 Å². The molecule has 1 unspecified atom stereocenters. The van der Waals surface area contributed by atoms with Gasteiger partial charge in [-0.3, -0.25) is 9.59 Å². The first kappa shape index (κ1) is 15.9. The number of nitrogens with two attached hydrogens (primary N) is 2. The highest BCUT2D eigenvalue weighted by atomic mass is 32.1. The summed E-state index contributed by atoms with van der Waals surface area (Å²) in [6, 6.07) is 3.70. The van der Waals surface area contributed by atoms with Gasteiger partial charge in [0.2, 0.25) is 5.91 Å². The predicted octanol–water partition coefficient (Wildman–Crippen LogP) is 2.18. The van der Waals surface area contributed by atoms with Gasteiger partial charge in [0, 0.05) is 23.2 Å². The lowest BCUT2D eigenvalue weighted by Crippen LogP contribution is -2.30. The van der Waals surface area contributed by atoms with Crippen LogP contribution in [-0.2, 0) is 11.2 Å². The zero-order valence-corrected chi connectivity index (χ0v) is 14.2. The van der Waals surface area contributed by atoms with Gasteiger partial charge in [0.1, 0.15) is 0 Å². The van der Waals surface area contributed by atoms with Crippen LogP contribution in [0.2, 0.25) is 0 Å². The van der Waals surface area contributed by atoms with Crippen LogP contribution in [-0.4, -0.2) is 28.2 Å². The molecule has 23 heavy (non-hydrogen) atoms. The fourth-order valence-electron chi connectivity index (χ4n) is 2.84. The topological polar surface area (TPSA) is 102 Å². The van der Waals surface area contributed by atoms with Crippen molar-refractivity contribution in [1.29, 1.82) is 0 Å². The smallest absolute Gasteiger partial charge is 0.258 e. The maximum Gasteiger partial charge on any atom is 0.258 e. The molecule has 4 N–H and O–H groups in total. The number of amides is 2. The first-order valence-corrected chi connectivity index (χ1v) is 9.13. The summed E-state index contributed by atoms with van der Waals surface area (Å²) < 4.78 is 0. The molecule has 2 aromatic rings. The number of nitrogen functional groups attached to an aromatic ring is 1. The second-order valence-electron chi connectivity index (χ2n) is 5.49. The molecule has 0 bridgehead atoms. The molecular formula is C15H18N4O2S2. The Labute approximate surface area is 142 Å². The SMILES string of the molecule is NC(=O)c1ccc(C2CCCN2C(=O)CCc2csc(N)n2)s1. The average molecular weight is 350 g/mol. The Morgan fingerprint density at radius 1 is 1.39 bits per heavy atom. The minimum Gasteiger partial charge on any atom is -0.375 e. The summed E-state index contributed by atoms with van der Waals surface area (Å²) in [5.41, 5.74) is 11.8. The third-order valence-corrected chi connectivity index (χ3v) is 5.86. The van der Waals surface area contributed by atoms with Gasteiger partial charge in [-0.1, -0.05) is 0 Å². The number of aromatic nitrogens is 1. The zero-order valence-electron chi connectivity index (χ0n) is 12.5. The van der Waals surface area contributed by atoms with Gasteiger partial charge >= 0.3 is 0 Å². The molecule has 3 heterocycles. The van der Waals surface area contributed by atoms with E-state index in [9.17, 15) is 9.59 Å². The Bertz CT molecular complexity index is 725. The molecule has 0 aromatic carbocycles. The lowest BCUT2D eigenvalue weighted by Gasteiger charge is -2.23. The molecule has 1 aliphatic heterocycles. The van der Waals surface area contributed by atoms with Gasteiger partial charge in [-0.2, -0.15) is 0 Å². The molecular weight excluding hydrogens is 332 g/mol. The van der Waals surface area contributed by atoms with E-state index in [1.807, 2.05) is 16.3 Å². The van der Waals surface area contributed by atoms with E-state index in [2.05, 4.69) is 4.98 Å². The van der Waals surface area contributed by atoms with Crippen molar-refractivity contribution in [1.82, 2.24) is 9.88 Å². The van der Waals surface area contributed by atoms with E-state index in [4.69, 9.17) is 11.5 Å². The monoisotopic (exact) mass is 350 g/mol. The van der Waals surface area contributed by atoms with E-state index in [1.54, 1.807) is 6.07 Å². The van der Waals surface area contributed by atoms with E-state index in [1.165, 1.54) is 22.7 Å². The molecule has 0 spiro atoms. The maximum atomic E-state index is 12.5. The highest BCUT2D eigenvalue weighted by molar-refractivity contribution is 7.14. The number of primary amides is 1. The van der Waals surface area contributed by atoms with Crippen molar-refractivity contribution in [2.45, 2.75) is 31.7 Å². The number of aryl methyl sites for hydroxylation is 1. The number of hydrogen-bond donors (Lipinski definition) is 2. The van der Waals surface area contributed by atoms with Crippen molar-refractivity contribution in [3.63, 3.8) is 0 Å². The first-order valence-electron chi connectivity index (χ1n) is 7.43. The quantitative estimate of drug-likeness (QED) is 0.862. The standard InChI is InChI=1S/C15H18N4O2S2/c16-14(21)12-5-4-11(23-12)10-2-1-7-19(10)13(20)6-3-9-8-22-15(17)18-9/h4-5,8,10H,1-3,6-7H2,(H2,16,21)(H2,17,18). The fourth-order valence-corrected chi connectivity index (χ4v) is 4.45. The van der Waals surface area contributed by atoms with Gasteiger partial charge in [0.25, 0.3) is 5.91 Å². The summed E-state index contributed by atoms with van der Waals surface area (Å²) in [7, 11) is 0. The zero-order chi connectivity index (χ0) is 16.4. The van der Waals surface area contributed by atoms with Crippen molar-refractivity contribution in [3.8, 4) is 0 Å². The average Bonchev–Trinajstić information content (AvgIpc) is 3.24. The molecule has 1 aliphatic rings. The van der Waals surface area contributed by atoms with Crippen LogP contribution < -0.4 is 11.5 Å². The normalized spacial score (nSPS) is 17.6. The van der Waals surface area contributed by atoms with Crippen LogP contribution in [0.1, 0.15) is 45.5 Å². The molecule has 0 saturated carbocycles.